The summed E-state index contributed by atoms with van der Waals surface area (Å²) in [5.74, 6) is 0.723. The second kappa shape index (κ2) is 7.20. The van der Waals surface area contributed by atoms with E-state index in [1.807, 2.05) is 0 Å². The zero-order valence-electron chi connectivity index (χ0n) is 13.5. The van der Waals surface area contributed by atoms with Crippen LogP contribution in [0.25, 0.3) is 11.4 Å². The van der Waals surface area contributed by atoms with Crippen molar-refractivity contribution in [2.75, 3.05) is 6.79 Å². The summed E-state index contributed by atoms with van der Waals surface area (Å²) in [5, 5.41) is 15.2. The van der Waals surface area contributed by atoms with E-state index in [4.69, 9.17) is 19.1 Å². The molecular weight excluding hydrogens is 330 g/mol. The number of carboxylic acid groups (broad SMARTS) is 1. The van der Waals surface area contributed by atoms with E-state index in [-0.39, 0.29) is 37.9 Å². The second-order valence-corrected chi connectivity index (χ2v) is 5.56. The van der Waals surface area contributed by atoms with Crippen molar-refractivity contribution in [2.45, 2.75) is 32.2 Å². The Bertz CT molecular complexity index is 788. The molecule has 2 aromatic rings. The molecule has 1 aromatic carbocycles. The monoisotopic (exact) mass is 347 g/mol. The number of aromatic nitrogens is 2. The highest BCUT2D eigenvalue weighted by molar-refractivity contribution is 5.77. The highest BCUT2D eigenvalue weighted by Gasteiger charge is 2.19. The minimum absolute atomic E-state index is 0.0450. The molecule has 0 saturated carbocycles. The average molecular weight is 347 g/mol. The highest BCUT2D eigenvalue weighted by Crippen LogP contribution is 2.35. The Kier molecular flexibility index (Phi) is 4.82. The van der Waals surface area contributed by atoms with Gasteiger partial charge in [-0.3, -0.25) is 9.59 Å². The Morgan fingerprint density at radius 2 is 2.08 bits per heavy atom. The Morgan fingerprint density at radius 3 is 2.88 bits per heavy atom. The predicted molar refractivity (Wildman–Crippen MR) is 83.9 cm³/mol. The van der Waals surface area contributed by atoms with Crippen molar-refractivity contribution in [2.24, 2.45) is 0 Å². The van der Waals surface area contributed by atoms with Gasteiger partial charge in [-0.05, 0) is 31.5 Å². The molecule has 1 atom stereocenters. The van der Waals surface area contributed by atoms with Crippen molar-refractivity contribution in [3.05, 3.63) is 24.1 Å². The fraction of sp³-hybridized carbons (Fsp3) is 0.375. The van der Waals surface area contributed by atoms with Crippen molar-refractivity contribution < 1.29 is 28.7 Å². The van der Waals surface area contributed by atoms with Crippen LogP contribution in [0, 0.1) is 0 Å². The van der Waals surface area contributed by atoms with Crippen LogP contribution in [0.3, 0.4) is 0 Å². The van der Waals surface area contributed by atoms with Crippen molar-refractivity contribution >= 4 is 11.9 Å². The number of rotatable bonds is 7. The zero-order chi connectivity index (χ0) is 17.8. The first-order valence-electron chi connectivity index (χ1n) is 7.77. The normalized spacial score (nSPS) is 13.5. The van der Waals surface area contributed by atoms with Gasteiger partial charge in [0.15, 0.2) is 11.5 Å². The van der Waals surface area contributed by atoms with Gasteiger partial charge in [0.1, 0.15) is 6.04 Å². The van der Waals surface area contributed by atoms with Gasteiger partial charge < -0.3 is 24.4 Å². The van der Waals surface area contributed by atoms with E-state index in [1.54, 1.807) is 25.1 Å². The molecule has 1 aromatic heterocycles. The zero-order valence-corrected chi connectivity index (χ0v) is 13.5. The van der Waals surface area contributed by atoms with E-state index in [0.29, 0.717) is 22.9 Å². The first-order chi connectivity index (χ1) is 12.0. The molecule has 0 spiro atoms. The SMILES string of the molecule is C[C@H](NC(=O)CCCC(=O)O)c1nc(-c2ccc3c(c2)OCO3)no1. The second-order valence-electron chi connectivity index (χ2n) is 5.56. The third kappa shape index (κ3) is 4.06. The minimum atomic E-state index is -0.925. The van der Waals surface area contributed by atoms with Crippen molar-refractivity contribution in [3.63, 3.8) is 0 Å². The lowest BCUT2D eigenvalue weighted by Gasteiger charge is -2.08. The van der Waals surface area contributed by atoms with E-state index >= 15 is 0 Å². The van der Waals surface area contributed by atoms with Gasteiger partial charge in [-0.2, -0.15) is 4.98 Å². The molecule has 0 unspecified atom stereocenters. The van der Waals surface area contributed by atoms with Gasteiger partial charge in [0.25, 0.3) is 0 Å². The number of hydrogen-bond acceptors (Lipinski definition) is 7. The molecule has 2 N–H and O–H groups in total. The fourth-order valence-electron chi connectivity index (χ4n) is 2.34. The van der Waals surface area contributed by atoms with Crippen LogP contribution >= 0.6 is 0 Å². The Hall–Kier alpha value is -3.10. The molecule has 0 aliphatic carbocycles. The number of carbonyl (C=O) groups excluding carboxylic acids is 1. The molecule has 1 aliphatic heterocycles. The number of nitrogens with zero attached hydrogens (tertiary/aromatic N) is 2. The molecule has 3 rings (SSSR count). The molecular formula is C16H17N3O6. The molecule has 1 aliphatic rings. The topological polar surface area (TPSA) is 124 Å². The number of carbonyl (C=O) groups is 2. The molecule has 9 heteroatoms. The molecule has 9 nitrogen and oxygen atoms in total. The largest absolute Gasteiger partial charge is 0.481 e. The quantitative estimate of drug-likeness (QED) is 0.778. The van der Waals surface area contributed by atoms with Crippen molar-refractivity contribution in [3.8, 4) is 22.9 Å². The summed E-state index contributed by atoms with van der Waals surface area (Å²) >= 11 is 0. The van der Waals surface area contributed by atoms with E-state index < -0.39 is 12.0 Å². The number of carboxylic acids is 1. The lowest BCUT2D eigenvalue weighted by Crippen LogP contribution is -2.26. The molecule has 25 heavy (non-hydrogen) atoms. The van der Waals surface area contributed by atoms with Crippen LogP contribution in [0.5, 0.6) is 11.5 Å². The third-order valence-corrected chi connectivity index (χ3v) is 3.61. The molecule has 0 saturated heterocycles. The van der Waals surface area contributed by atoms with Gasteiger partial charge >= 0.3 is 5.97 Å². The number of nitrogens with one attached hydrogen (secondary N) is 1. The summed E-state index contributed by atoms with van der Waals surface area (Å²) in [7, 11) is 0. The number of ether oxygens (including phenoxy) is 2. The lowest BCUT2D eigenvalue weighted by atomic mass is 10.2. The maximum absolute atomic E-state index is 11.8. The summed E-state index contributed by atoms with van der Waals surface area (Å²) in [5.41, 5.74) is 0.708. The van der Waals surface area contributed by atoms with Gasteiger partial charge in [0.05, 0.1) is 0 Å². The van der Waals surface area contributed by atoms with Gasteiger partial charge in [0.2, 0.25) is 24.4 Å². The van der Waals surface area contributed by atoms with E-state index in [1.165, 1.54) is 0 Å². The number of aliphatic carboxylic acids is 1. The smallest absolute Gasteiger partial charge is 0.303 e. The summed E-state index contributed by atoms with van der Waals surface area (Å²) in [4.78, 5) is 26.5. The summed E-state index contributed by atoms with van der Waals surface area (Å²) in [6.45, 7) is 1.90. The first kappa shape index (κ1) is 16.7. The maximum Gasteiger partial charge on any atom is 0.303 e. The summed E-state index contributed by atoms with van der Waals surface area (Å²) in [6.07, 6.45) is 0.358. The van der Waals surface area contributed by atoms with Crippen LogP contribution < -0.4 is 14.8 Å². The van der Waals surface area contributed by atoms with Gasteiger partial charge in [-0.1, -0.05) is 5.16 Å². The van der Waals surface area contributed by atoms with E-state index in [0.717, 1.165) is 0 Å². The van der Waals surface area contributed by atoms with Gasteiger partial charge in [0, 0.05) is 18.4 Å². The maximum atomic E-state index is 11.8. The van der Waals surface area contributed by atoms with Gasteiger partial charge in [-0.25, -0.2) is 0 Å². The Labute approximate surface area is 142 Å². The van der Waals surface area contributed by atoms with Crippen molar-refractivity contribution in [1.29, 1.82) is 0 Å². The Morgan fingerprint density at radius 1 is 1.28 bits per heavy atom. The minimum Gasteiger partial charge on any atom is -0.481 e. The van der Waals surface area contributed by atoms with E-state index in [2.05, 4.69) is 15.5 Å². The predicted octanol–water partition coefficient (Wildman–Crippen LogP) is 1.90. The van der Waals surface area contributed by atoms with Crippen molar-refractivity contribution in [1.82, 2.24) is 15.5 Å². The van der Waals surface area contributed by atoms with Crippen LogP contribution in [0.2, 0.25) is 0 Å². The van der Waals surface area contributed by atoms with Crippen LogP contribution in [0.15, 0.2) is 22.7 Å². The molecule has 132 valence electrons. The van der Waals surface area contributed by atoms with Crippen LogP contribution in [-0.2, 0) is 9.59 Å². The first-order valence-corrected chi connectivity index (χ1v) is 7.77. The highest BCUT2D eigenvalue weighted by atomic mass is 16.7. The molecule has 0 fully saturated rings. The number of amides is 1. The average Bonchev–Trinajstić information content (AvgIpc) is 3.23. The fourth-order valence-corrected chi connectivity index (χ4v) is 2.34. The van der Waals surface area contributed by atoms with Crippen LogP contribution in [0.1, 0.15) is 38.1 Å². The standard InChI is InChI=1S/C16H17N3O6/c1-9(17-13(20)3-2-4-14(21)22)16-18-15(19-25-16)10-5-6-11-12(7-10)24-8-23-11/h5-7,9H,2-4,8H2,1H3,(H,17,20)(H,21,22)/t9-/m0/s1. The summed E-state index contributed by atoms with van der Waals surface area (Å²) in [6, 6.07) is 4.83. The number of hydrogen-bond donors (Lipinski definition) is 2. The number of fused-ring (bicyclic) bond motifs is 1. The van der Waals surface area contributed by atoms with Gasteiger partial charge in [-0.15, -0.1) is 0 Å². The van der Waals surface area contributed by atoms with Crippen LogP contribution in [-0.4, -0.2) is 33.9 Å². The molecule has 0 bridgehead atoms. The Balaban J connectivity index is 1.61. The molecule has 0 radical (unpaired) electrons. The molecule has 1 amide bonds. The number of benzene rings is 1. The summed E-state index contributed by atoms with van der Waals surface area (Å²) < 4.78 is 15.8. The third-order valence-electron chi connectivity index (χ3n) is 3.61. The lowest BCUT2D eigenvalue weighted by molar-refractivity contribution is -0.137. The van der Waals surface area contributed by atoms with Crippen LogP contribution in [0.4, 0.5) is 0 Å². The molecule has 2 heterocycles. The van der Waals surface area contributed by atoms with E-state index in [9.17, 15) is 9.59 Å².